The predicted octanol–water partition coefficient (Wildman–Crippen LogP) is 4.40. The SMILES string of the molecule is N#Cc1ccc(NC(=O)c2cc3n(n2)[C@H](C(F)(F)F)C[C@@H](c2ccc4c(c2)OCO4)N3)cc1. The summed E-state index contributed by atoms with van der Waals surface area (Å²) in [7, 11) is 0. The molecule has 33 heavy (non-hydrogen) atoms. The molecule has 3 aromatic rings. The maximum Gasteiger partial charge on any atom is 0.410 e. The van der Waals surface area contributed by atoms with Crippen LogP contribution in [0.2, 0.25) is 0 Å². The minimum absolute atomic E-state index is 0.0620. The molecule has 2 N–H and O–H groups in total. The van der Waals surface area contributed by atoms with Crippen molar-refractivity contribution >= 4 is 17.4 Å². The lowest BCUT2D eigenvalue weighted by atomic mass is 9.96. The molecule has 0 aliphatic carbocycles. The monoisotopic (exact) mass is 455 g/mol. The highest BCUT2D eigenvalue weighted by Crippen LogP contribution is 2.45. The van der Waals surface area contributed by atoms with Crippen molar-refractivity contribution in [2.24, 2.45) is 0 Å². The van der Waals surface area contributed by atoms with Crippen molar-refractivity contribution in [2.75, 3.05) is 17.4 Å². The van der Waals surface area contributed by atoms with Crippen LogP contribution in [0.1, 0.15) is 40.1 Å². The summed E-state index contributed by atoms with van der Waals surface area (Å²) in [6.07, 6.45) is -4.88. The number of rotatable bonds is 3. The van der Waals surface area contributed by atoms with E-state index in [2.05, 4.69) is 15.7 Å². The maximum atomic E-state index is 13.9. The first kappa shape index (κ1) is 20.7. The van der Waals surface area contributed by atoms with Crippen molar-refractivity contribution in [2.45, 2.75) is 24.7 Å². The molecule has 168 valence electrons. The molecule has 2 aromatic carbocycles. The van der Waals surface area contributed by atoms with Crippen LogP contribution in [0.25, 0.3) is 0 Å². The third-order valence-electron chi connectivity index (χ3n) is 5.49. The van der Waals surface area contributed by atoms with Crippen LogP contribution in [0, 0.1) is 11.3 Å². The van der Waals surface area contributed by atoms with Gasteiger partial charge in [0.25, 0.3) is 5.91 Å². The molecular formula is C22H16F3N5O3. The Labute approximate surface area is 185 Å². The van der Waals surface area contributed by atoms with E-state index in [4.69, 9.17) is 14.7 Å². The molecule has 1 aromatic heterocycles. The van der Waals surface area contributed by atoms with Gasteiger partial charge >= 0.3 is 6.18 Å². The summed E-state index contributed by atoms with van der Waals surface area (Å²) < 4.78 is 53.1. The minimum Gasteiger partial charge on any atom is -0.454 e. The normalized spacial score (nSPS) is 18.7. The van der Waals surface area contributed by atoms with Crippen LogP contribution in [-0.4, -0.2) is 28.7 Å². The highest BCUT2D eigenvalue weighted by Gasteiger charge is 2.47. The molecule has 2 aliphatic rings. The van der Waals surface area contributed by atoms with E-state index in [0.29, 0.717) is 28.3 Å². The van der Waals surface area contributed by atoms with E-state index in [1.54, 1.807) is 18.2 Å². The fourth-order valence-corrected chi connectivity index (χ4v) is 3.86. The Morgan fingerprint density at radius 1 is 1.15 bits per heavy atom. The summed E-state index contributed by atoms with van der Waals surface area (Å²) in [5.74, 6) is 0.424. The van der Waals surface area contributed by atoms with E-state index < -0.39 is 24.2 Å². The van der Waals surface area contributed by atoms with Gasteiger partial charge in [0.2, 0.25) is 6.79 Å². The summed E-state index contributed by atoms with van der Waals surface area (Å²) in [6, 6.07) is 11.7. The quantitative estimate of drug-likeness (QED) is 0.607. The van der Waals surface area contributed by atoms with Gasteiger partial charge in [-0.2, -0.15) is 23.5 Å². The smallest absolute Gasteiger partial charge is 0.410 e. The largest absolute Gasteiger partial charge is 0.454 e. The molecule has 5 rings (SSSR count). The average molecular weight is 455 g/mol. The molecule has 0 fully saturated rings. The average Bonchev–Trinajstić information content (AvgIpc) is 3.44. The third-order valence-corrected chi connectivity index (χ3v) is 5.49. The number of aromatic nitrogens is 2. The van der Waals surface area contributed by atoms with Gasteiger partial charge in [0, 0.05) is 18.2 Å². The fraction of sp³-hybridized carbons (Fsp3) is 0.227. The number of halogens is 3. The van der Waals surface area contributed by atoms with Crippen molar-refractivity contribution in [3.63, 3.8) is 0 Å². The molecule has 0 unspecified atom stereocenters. The zero-order valence-electron chi connectivity index (χ0n) is 16.9. The van der Waals surface area contributed by atoms with Gasteiger partial charge < -0.3 is 20.1 Å². The fourth-order valence-electron chi connectivity index (χ4n) is 3.86. The van der Waals surface area contributed by atoms with E-state index >= 15 is 0 Å². The van der Waals surface area contributed by atoms with Crippen molar-refractivity contribution < 1.29 is 27.4 Å². The lowest BCUT2D eigenvalue weighted by molar-refractivity contribution is -0.173. The standard InChI is InChI=1S/C22H16F3N5O3/c23-22(24,25)19-8-15(13-3-6-17-18(7-13)33-11-32-17)28-20-9-16(29-30(19)20)21(31)27-14-4-1-12(10-26)2-5-14/h1-7,9,15,19,28H,8,11H2,(H,27,31)/t15-,19-/m0/s1. The van der Waals surface area contributed by atoms with E-state index in [9.17, 15) is 18.0 Å². The number of hydrogen-bond acceptors (Lipinski definition) is 6. The molecule has 0 saturated carbocycles. The van der Waals surface area contributed by atoms with Crippen LogP contribution in [0.5, 0.6) is 11.5 Å². The van der Waals surface area contributed by atoms with Gasteiger partial charge in [-0.05, 0) is 42.0 Å². The number of nitrogens with zero attached hydrogens (tertiary/aromatic N) is 3. The number of nitrogens with one attached hydrogen (secondary N) is 2. The number of hydrogen-bond donors (Lipinski definition) is 2. The Kier molecular flexibility index (Phi) is 4.85. The van der Waals surface area contributed by atoms with Gasteiger partial charge in [-0.1, -0.05) is 6.07 Å². The molecular weight excluding hydrogens is 439 g/mol. The molecule has 0 radical (unpaired) electrons. The second-order valence-corrected chi connectivity index (χ2v) is 7.61. The summed E-state index contributed by atoms with van der Waals surface area (Å²) in [5.41, 5.74) is 1.24. The number of fused-ring (bicyclic) bond motifs is 2. The highest BCUT2D eigenvalue weighted by molar-refractivity contribution is 6.03. The summed E-state index contributed by atoms with van der Waals surface area (Å²) in [5, 5.41) is 18.4. The number of amides is 1. The first-order valence-corrected chi connectivity index (χ1v) is 9.95. The third kappa shape index (κ3) is 3.91. The predicted molar refractivity (Wildman–Crippen MR) is 110 cm³/mol. The second kappa shape index (κ2) is 7.74. The Hall–Kier alpha value is -4.20. The second-order valence-electron chi connectivity index (χ2n) is 7.61. The minimum atomic E-state index is -4.57. The first-order valence-electron chi connectivity index (χ1n) is 9.95. The van der Waals surface area contributed by atoms with Crippen molar-refractivity contribution in [1.82, 2.24) is 9.78 Å². The van der Waals surface area contributed by atoms with Gasteiger partial charge in [0.15, 0.2) is 23.2 Å². The van der Waals surface area contributed by atoms with Crippen molar-refractivity contribution in [3.8, 4) is 17.6 Å². The van der Waals surface area contributed by atoms with E-state index in [1.807, 2.05) is 6.07 Å². The first-order chi connectivity index (χ1) is 15.8. The summed E-state index contributed by atoms with van der Waals surface area (Å²) in [4.78, 5) is 12.6. The van der Waals surface area contributed by atoms with Crippen LogP contribution < -0.4 is 20.1 Å². The molecule has 0 bridgehead atoms. The molecule has 11 heteroatoms. The Bertz CT molecular complexity index is 1260. The van der Waals surface area contributed by atoms with Crippen LogP contribution in [0.15, 0.2) is 48.5 Å². The van der Waals surface area contributed by atoms with E-state index in [1.165, 1.54) is 30.3 Å². The summed E-state index contributed by atoms with van der Waals surface area (Å²) >= 11 is 0. The topological polar surface area (TPSA) is 101 Å². The number of nitriles is 1. The number of carbonyl (C=O) groups excluding carboxylic acids is 1. The molecule has 0 spiro atoms. The van der Waals surface area contributed by atoms with Crippen molar-refractivity contribution in [3.05, 3.63) is 65.4 Å². The van der Waals surface area contributed by atoms with Gasteiger partial charge in [-0.15, -0.1) is 0 Å². The maximum absolute atomic E-state index is 13.9. The van der Waals surface area contributed by atoms with Crippen LogP contribution in [0.3, 0.4) is 0 Å². The van der Waals surface area contributed by atoms with E-state index in [-0.39, 0.29) is 24.7 Å². The Morgan fingerprint density at radius 3 is 2.64 bits per heavy atom. The zero-order chi connectivity index (χ0) is 23.2. The zero-order valence-corrected chi connectivity index (χ0v) is 16.9. The van der Waals surface area contributed by atoms with Gasteiger partial charge in [-0.25, -0.2) is 4.68 Å². The molecule has 0 saturated heterocycles. The lowest BCUT2D eigenvalue weighted by Crippen LogP contribution is -2.35. The van der Waals surface area contributed by atoms with Gasteiger partial charge in [0.1, 0.15) is 5.82 Å². The number of ether oxygens (including phenoxy) is 2. The number of alkyl halides is 3. The van der Waals surface area contributed by atoms with Gasteiger partial charge in [-0.3, -0.25) is 4.79 Å². The lowest BCUT2D eigenvalue weighted by Gasteiger charge is -2.33. The van der Waals surface area contributed by atoms with E-state index in [0.717, 1.165) is 4.68 Å². The molecule has 2 atom stereocenters. The van der Waals surface area contributed by atoms with Crippen LogP contribution in [0.4, 0.5) is 24.7 Å². The molecule has 8 nitrogen and oxygen atoms in total. The molecule has 2 aliphatic heterocycles. The number of carbonyl (C=O) groups is 1. The Morgan fingerprint density at radius 2 is 1.91 bits per heavy atom. The Balaban J connectivity index is 1.43. The number of anilines is 2. The van der Waals surface area contributed by atoms with Gasteiger partial charge in [0.05, 0.1) is 17.7 Å². The number of benzene rings is 2. The van der Waals surface area contributed by atoms with Crippen molar-refractivity contribution in [1.29, 1.82) is 5.26 Å². The summed E-state index contributed by atoms with van der Waals surface area (Å²) in [6.45, 7) is 0.0620. The molecule has 1 amide bonds. The molecule has 3 heterocycles. The highest BCUT2D eigenvalue weighted by atomic mass is 19.4. The van der Waals surface area contributed by atoms with Crippen LogP contribution >= 0.6 is 0 Å². The van der Waals surface area contributed by atoms with Crippen LogP contribution in [-0.2, 0) is 0 Å².